The normalized spacial score (nSPS) is 19.7. The van der Waals surface area contributed by atoms with Crippen molar-refractivity contribution in [3.63, 3.8) is 0 Å². The van der Waals surface area contributed by atoms with Crippen LogP contribution < -0.4 is 5.32 Å². The van der Waals surface area contributed by atoms with Gasteiger partial charge in [-0.3, -0.25) is 4.79 Å². The van der Waals surface area contributed by atoms with Gasteiger partial charge in [-0.25, -0.2) is 8.42 Å². The molecular weight excluding hydrogens is 264 g/mol. The van der Waals surface area contributed by atoms with E-state index in [9.17, 15) is 13.2 Å². The Morgan fingerprint density at radius 2 is 1.79 bits per heavy atom. The SMILES string of the molecule is CC(Nc1ccccc1)C(=O)N1CCS(=O)(=O)CC1. The van der Waals surface area contributed by atoms with Crippen LogP contribution in [0.1, 0.15) is 6.92 Å². The number of para-hydroxylation sites is 1. The minimum absolute atomic E-state index is 0.0567. The van der Waals surface area contributed by atoms with Crippen LogP contribution in [0.15, 0.2) is 30.3 Å². The summed E-state index contributed by atoms with van der Waals surface area (Å²) in [6.07, 6.45) is 0. The first kappa shape index (κ1) is 13.9. The quantitative estimate of drug-likeness (QED) is 0.888. The number of hydrogen-bond acceptors (Lipinski definition) is 4. The number of nitrogens with zero attached hydrogens (tertiary/aromatic N) is 1. The van der Waals surface area contributed by atoms with Crippen LogP contribution in [0.3, 0.4) is 0 Å². The second kappa shape index (κ2) is 5.61. The highest BCUT2D eigenvalue weighted by Gasteiger charge is 2.27. The Bertz CT molecular complexity index is 528. The van der Waals surface area contributed by atoms with Crippen LogP contribution in [0.25, 0.3) is 0 Å². The highest BCUT2D eigenvalue weighted by molar-refractivity contribution is 7.91. The lowest BCUT2D eigenvalue weighted by atomic mass is 10.2. The van der Waals surface area contributed by atoms with E-state index in [1.54, 1.807) is 11.8 Å². The minimum atomic E-state index is -2.95. The zero-order valence-corrected chi connectivity index (χ0v) is 11.7. The lowest BCUT2D eigenvalue weighted by Crippen LogP contribution is -2.48. The molecule has 1 aliphatic heterocycles. The van der Waals surface area contributed by atoms with Crippen molar-refractivity contribution in [1.29, 1.82) is 0 Å². The summed E-state index contributed by atoms with van der Waals surface area (Å²) in [5, 5.41) is 3.12. The molecule has 5 nitrogen and oxygen atoms in total. The van der Waals surface area contributed by atoms with E-state index in [1.165, 1.54) is 0 Å². The fourth-order valence-corrected chi connectivity index (χ4v) is 3.25. The first-order chi connectivity index (χ1) is 8.98. The van der Waals surface area contributed by atoms with E-state index in [1.807, 2.05) is 30.3 Å². The van der Waals surface area contributed by atoms with Gasteiger partial charge in [-0.15, -0.1) is 0 Å². The summed E-state index contributed by atoms with van der Waals surface area (Å²) < 4.78 is 22.7. The van der Waals surface area contributed by atoms with Crippen molar-refractivity contribution in [3.05, 3.63) is 30.3 Å². The molecule has 1 atom stereocenters. The summed E-state index contributed by atoms with van der Waals surface area (Å²) in [5.41, 5.74) is 0.882. The highest BCUT2D eigenvalue weighted by atomic mass is 32.2. The fourth-order valence-electron chi connectivity index (χ4n) is 2.05. The average Bonchev–Trinajstić information content (AvgIpc) is 2.39. The summed E-state index contributed by atoms with van der Waals surface area (Å²) in [7, 11) is -2.95. The van der Waals surface area contributed by atoms with Gasteiger partial charge >= 0.3 is 0 Å². The van der Waals surface area contributed by atoms with Gasteiger partial charge in [0, 0.05) is 18.8 Å². The molecule has 1 aliphatic rings. The molecule has 1 fully saturated rings. The smallest absolute Gasteiger partial charge is 0.244 e. The Hall–Kier alpha value is -1.56. The van der Waals surface area contributed by atoms with E-state index >= 15 is 0 Å². The number of nitrogens with one attached hydrogen (secondary N) is 1. The third-order valence-electron chi connectivity index (χ3n) is 3.18. The van der Waals surface area contributed by atoms with E-state index in [2.05, 4.69) is 5.32 Å². The first-order valence-corrected chi connectivity index (χ1v) is 8.11. The van der Waals surface area contributed by atoms with Gasteiger partial charge in [-0.1, -0.05) is 18.2 Å². The van der Waals surface area contributed by atoms with Gasteiger partial charge in [0.1, 0.15) is 6.04 Å². The Morgan fingerprint density at radius 1 is 1.21 bits per heavy atom. The molecule has 0 radical (unpaired) electrons. The van der Waals surface area contributed by atoms with Gasteiger partial charge in [0.15, 0.2) is 9.84 Å². The molecule has 0 saturated carbocycles. The van der Waals surface area contributed by atoms with Crippen molar-refractivity contribution >= 4 is 21.4 Å². The molecule has 1 saturated heterocycles. The van der Waals surface area contributed by atoms with Gasteiger partial charge in [0.2, 0.25) is 5.91 Å². The van der Waals surface area contributed by atoms with Crippen LogP contribution in [0, 0.1) is 0 Å². The molecule has 1 unspecified atom stereocenters. The molecule has 2 rings (SSSR count). The molecule has 0 aromatic heterocycles. The van der Waals surface area contributed by atoms with Gasteiger partial charge in [-0.2, -0.15) is 0 Å². The first-order valence-electron chi connectivity index (χ1n) is 6.29. The number of carbonyl (C=O) groups excluding carboxylic acids is 1. The molecular formula is C13H18N2O3S. The number of benzene rings is 1. The molecule has 1 aromatic carbocycles. The van der Waals surface area contributed by atoms with E-state index < -0.39 is 9.84 Å². The Kier molecular flexibility index (Phi) is 4.09. The molecule has 104 valence electrons. The fraction of sp³-hybridized carbons (Fsp3) is 0.462. The summed E-state index contributed by atoms with van der Waals surface area (Å²) in [6, 6.07) is 9.13. The molecule has 0 bridgehead atoms. The van der Waals surface area contributed by atoms with Crippen molar-refractivity contribution in [3.8, 4) is 0 Å². The number of hydrogen-bond donors (Lipinski definition) is 1. The van der Waals surface area contributed by atoms with Crippen molar-refractivity contribution in [1.82, 2.24) is 4.90 Å². The Labute approximate surface area is 113 Å². The number of carbonyl (C=O) groups is 1. The average molecular weight is 282 g/mol. The molecule has 6 heteroatoms. The van der Waals surface area contributed by atoms with Gasteiger partial charge < -0.3 is 10.2 Å². The number of sulfone groups is 1. The summed E-state index contributed by atoms with van der Waals surface area (Å²) in [6.45, 7) is 2.38. The number of amides is 1. The van der Waals surface area contributed by atoms with Gasteiger partial charge in [-0.05, 0) is 19.1 Å². The van der Waals surface area contributed by atoms with Crippen LogP contribution in [-0.4, -0.2) is 49.9 Å². The summed E-state index contributed by atoms with van der Waals surface area (Å²) in [4.78, 5) is 13.8. The topological polar surface area (TPSA) is 66.5 Å². The maximum atomic E-state index is 12.2. The minimum Gasteiger partial charge on any atom is -0.374 e. The molecule has 0 aliphatic carbocycles. The molecule has 1 heterocycles. The molecule has 1 aromatic rings. The second-order valence-corrected chi connectivity index (χ2v) is 7.01. The highest BCUT2D eigenvalue weighted by Crippen LogP contribution is 2.10. The third-order valence-corrected chi connectivity index (χ3v) is 4.79. The maximum Gasteiger partial charge on any atom is 0.244 e. The third kappa shape index (κ3) is 3.70. The molecule has 1 amide bonds. The zero-order chi connectivity index (χ0) is 13.9. The van der Waals surface area contributed by atoms with Crippen LogP contribution in [0.5, 0.6) is 0 Å². The number of rotatable bonds is 3. The lowest BCUT2D eigenvalue weighted by molar-refractivity contribution is -0.131. The standard InChI is InChI=1S/C13H18N2O3S/c1-11(14-12-5-3-2-4-6-12)13(16)15-7-9-19(17,18)10-8-15/h2-6,11,14H,7-10H2,1H3. The van der Waals surface area contributed by atoms with Crippen molar-refractivity contribution in [2.45, 2.75) is 13.0 Å². The van der Waals surface area contributed by atoms with Crippen molar-refractivity contribution < 1.29 is 13.2 Å². The van der Waals surface area contributed by atoms with Crippen LogP contribution in [0.2, 0.25) is 0 Å². The molecule has 1 N–H and O–H groups in total. The Morgan fingerprint density at radius 3 is 2.37 bits per heavy atom. The van der Waals surface area contributed by atoms with Gasteiger partial charge in [0.25, 0.3) is 0 Å². The van der Waals surface area contributed by atoms with Crippen LogP contribution in [-0.2, 0) is 14.6 Å². The predicted molar refractivity (Wildman–Crippen MR) is 74.8 cm³/mol. The van der Waals surface area contributed by atoms with Crippen molar-refractivity contribution in [2.24, 2.45) is 0 Å². The van der Waals surface area contributed by atoms with Crippen LogP contribution in [0.4, 0.5) is 5.69 Å². The summed E-state index contributed by atoms with van der Waals surface area (Å²) in [5.74, 6) is 0.0758. The van der Waals surface area contributed by atoms with Crippen molar-refractivity contribution in [2.75, 3.05) is 29.9 Å². The Balaban J connectivity index is 1.93. The largest absolute Gasteiger partial charge is 0.374 e. The zero-order valence-electron chi connectivity index (χ0n) is 10.9. The van der Waals surface area contributed by atoms with Gasteiger partial charge in [0.05, 0.1) is 11.5 Å². The molecule has 0 spiro atoms. The number of anilines is 1. The van der Waals surface area contributed by atoms with E-state index in [0.717, 1.165) is 5.69 Å². The second-order valence-electron chi connectivity index (χ2n) is 4.71. The monoisotopic (exact) mass is 282 g/mol. The van der Waals surface area contributed by atoms with E-state index in [-0.39, 0.29) is 23.5 Å². The van der Waals surface area contributed by atoms with E-state index in [4.69, 9.17) is 0 Å². The molecule has 19 heavy (non-hydrogen) atoms. The van der Waals surface area contributed by atoms with Crippen LogP contribution >= 0.6 is 0 Å². The van der Waals surface area contributed by atoms with E-state index in [0.29, 0.717) is 13.1 Å². The maximum absolute atomic E-state index is 12.2. The lowest BCUT2D eigenvalue weighted by Gasteiger charge is -2.29. The predicted octanol–water partition coefficient (Wildman–Crippen LogP) is 0.744. The summed E-state index contributed by atoms with van der Waals surface area (Å²) >= 11 is 0.